The number of likely N-dealkylation sites (N-methyl/N-ethyl adjacent to an activating group) is 1. The summed E-state index contributed by atoms with van der Waals surface area (Å²) in [5.74, 6) is 2.84. The number of guanidine groups is 1. The van der Waals surface area contributed by atoms with Crippen LogP contribution in [0.3, 0.4) is 0 Å². The Hall–Kier alpha value is -2.45. The molecule has 1 amide bonds. The van der Waals surface area contributed by atoms with E-state index >= 15 is 0 Å². The zero-order valence-electron chi connectivity index (χ0n) is 18.2. The summed E-state index contributed by atoms with van der Waals surface area (Å²) in [5.41, 5.74) is 0. The SMILES string of the molecule is CNC(=O)CN1CCC(NC(=NCCc2ccco2)NCCSc2ccccc2)CC1. The van der Waals surface area contributed by atoms with Crippen molar-refractivity contribution in [3.8, 4) is 0 Å². The number of furan rings is 1. The molecule has 2 heterocycles. The van der Waals surface area contributed by atoms with Gasteiger partial charge in [0.25, 0.3) is 0 Å². The minimum Gasteiger partial charge on any atom is -0.469 e. The minimum absolute atomic E-state index is 0.0733. The number of nitrogens with one attached hydrogen (secondary N) is 3. The molecule has 0 unspecified atom stereocenters. The molecule has 7 nitrogen and oxygen atoms in total. The fraction of sp³-hybridized carbons (Fsp3) is 0.478. The van der Waals surface area contributed by atoms with Gasteiger partial charge in [-0.25, -0.2) is 0 Å². The molecule has 1 aromatic carbocycles. The summed E-state index contributed by atoms with van der Waals surface area (Å²) < 4.78 is 5.41. The Morgan fingerprint density at radius 1 is 1.19 bits per heavy atom. The number of thioether (sulfide) groups is 1. The molecule has 0 bridgehead atoms. The second-order valence-electron chi connectivity index (χ2n) is 7.52. The average Bonchev–Trinajstić information content (AvgIpc) is 3.32. The van der Waals surface area contributed by atoms with Crippen LogP contribution in [0.15, 0.2) is 63.0 Å². The number of aliphatic imine (C=N–C) groups is 1. The number of hydrogen-bond acceptors (Lipinski definition) is 5. The topological polar surface area (TPSA) is 81.9 Å². The monoisotopic (exact) mass is 443 g/mol. The summed E-state index contributed by atoms with van der Waals surface area (Å²) in [5, 5.41) is 9.77. The van der Waals surface area contributed by atoms with Gasteiger partial charge in [-0.05, 0) is 37.1 Å². The van der Waals surface area contributed by atoms with Gasteiger partial charge < -0.3 is 20.4 Å². The van der Waals surface area contributed by atoms with Gasteiger partial charge in [-0.2, -0.15) is 0 Å². The Balaban J connectivity index is 1.46. The van der Waals surface area contributed by atoms with E-state index in [0.717, 1.165) is 56.4 Å². The normalized spacial score (nSPS) is 15.6. The largest absolute Gasteiger partial charge is 0.469 e. The lowest BCUT2D eigenvalue weighted by Gasteiger charge is -2.32. The van der Waals surface area contributed by atoms with Crippen molar-refractivity contribution in [2.24, 2.45) is 4.99 Å². The van der Waals surface area contributed by atoms with Gasteiger partial charge in [0.15, 0.2) is 5.96 Å². The molecule has 3 rings (SSSR count). The molecule has 1 aliphatic rings. The van der Waals surface area contributed by atoms with Crippen LogP contribution in [0.2, 0.25) is 0 Å². The van der Waals surface area contributed by atoms with E-state index in [4.69, 9.17) is 9.41 Å². The lowest BCUT2D eigenvalue weighted by atomic mass is 10.1. The van der Waals surface area contributed by atoms with E-state index in [1.54, 1.807) is 13.3 Å². The second-order valence-corrected chi connectivity index (χ2v) is 8.68. The molecular weight excluding hydrogens is 410 g/mol. The van der Waals surface area contributed by atoms with E-state index < -0.39 is 0 Å². The van der Waals surface area contributed by atoms with Gasteiger partial charge in [0.2, 0.25) is 5.91 Å². The molecule has 0 saturated carbocycles. The summed E-state index contributed by atoms with van der Waals surface area (Å²) in [7, 11) is 1.68. The first-order chi connectivity index (χ1) is 15.2. The molecule has 0 aliphatic carbocycles. The van der Waals surface area contributed by atoms with Gasteiger partial charge in [-0.3, -0.25) is 14.7 Å². The standard InChI is InChI=1S/C23H33N5O2S/c1-24-22(29)18-28-14-10-19(11-15-28)27-23(25-12-9-20-6-5-16-30-20)26-13-17-31-21-7-3-2-4-8-21/h2-8,16,19H,9-15,17-18H2,1H3,(H,24,29)(H2,25,26,27). The third-order valence-corrected chi connectivity index (χ3v) is 6.20. The van der Waals surface area contributed by atoms with Crippen molar-refractivity contribution in [2.75, 3.05) is 45.5 Å². The summed E-state index contributed by atoms with van der Waals surface area (Å²) in [4.78, 5) is 19.8. The van der Waals surface area contributed by atoms with Crippen molar-refractivity contribution in [3.63, 3.8) is 0 Å². The molecule has 8 heteroatoms. The highest BCUT2D eigenvalue weighted by Gasteiger charge is 2.21. The Labute approximate surface area is 189 Å². The molecule has 0 radical (unpaired) electrons. The Morgan fingerprint density at radius 2 is 2.00 bits per heavy atom. The zero-order chi connectivity index (χ0) is 21.7. The van der Waals surface area contributed by atoms with E-state index in [0.29, 0.717) is 19.1 Å². The molecule has 3 N–H and O–H groups in total. The molecule has 0 atom stereocenters. The molecule has 1 fully saturated rings. The molecule has 0 spiro atoms. The minimum atomic E-state index is 0.0733. The summed E-state index contributed by atoms with van der Waals surface area (Å²) in [6.07, 6.45) is 4.47. The first-order valence-corrected chi connectivity index (χ1v) is 11.9. The first-order valence-electron chi connectivity index (χ1n) is 10.9. The maximum absolute atomic E-state index is 11.6. The van der Waals surface area contributed by atoms with Crippen LogP contribution in [0.1, 0.15) is 18.6 Å². The predicted molar refractivity (Wildman–Crippen MR) is 127 cm³/mol. The second kappa shape index (κ2) is 13.1. The van der Waals surface area contributed by atoms with Gasteiger partial charge in [-0.15, -0.1) is 11.8 Å². The fourth-order valence-electron chi connectivity index (χ4n) is 3.45. The van der Waals surface area contributed by atoms with Gasteiger partial charge in [-0.1, -0.05) is 18.2 Å². The third-order valence-electron chi connectivity index (χ3n) is 5.19. The number of carbonyl (C=O) groups excluding carboxylic acids is 1. The van der Waals surface area contributed by atoms with Crippen LogP contribution >= 0.6 is 11.8 Å². The number of carbonyl (C=O) groups is 1. The van der Waals surface area contributed by atoms with Gasteiger partial charge in [0.05, 0.1) is 12.8 Å². The highest BCUT2D eigenvalue weighted by molar-refractivity contribution is 7.99. The van der Waals surface area contributed by atoms with E-state index in [2.05, 4.69) is 45.1 Å². The fourth-order valence-corrected chi connectivity index (χ4v) is 4.24. The van der Waals surface area contributed by atoms with Crippen molar-refractivity contribution in [3.05, 3.63) is 54.5 Å². The van der Waals surface area contributed by atoms with E-state index in [-0.39, 0.29) is 5.91 Å². The highest BCUT2D eigenvalue weighted by Crippen LogP contribution is 2.15. The zero-order valence-corrected chi connectivity index (χ0v) is 19.0. The Kier molecular flexibility index (Phi) is 9.79. The number of amides is 1. The van der Waals surface area contributed by atoms with Crippen molar-refractivity contribution in [1.82, 2.24) is 20.9 Å². The molecule has 1 aromatic heterocycles. The Morgan fingerprint density at radius 3 is 2.71 bits per heavy atom. The lowest BCUT2D eigenvalue weighted by Crippen LogP contribution is -2.50. The summed E-state index contributed by atoms with van der Waals surface area (Å²) in [6.45, 7) is 3.80. The van der Waals surface area contributed by atoms with E-state index in [1.807, 2.05) is 30.0 Å². The van der Waals surface area contributed by atoms with Crippen LogP contribution in [0.25, 0.3) is 0 Å². The smallest absolute Gasteiger partial charge is 0.233 e. The number of likely N-dealkylation sites (tertiary alicyclic amines) is 1. The van der Waals surface area contributed by atoms with Crippen LogP contribution in [-0.2, 0) is 11.2 Å². The molecule has 1 saturated heterocycles. The van der Waals surface area contributed by atoms with E-state index in [1.165, 1.54) is 4.90 Å². The van der Waals surface area contributed by atoms with Crippen molar-refractivity contribution >= 4 is 23.6 Å². The van der Waals surface area contributed by atoms with Crippen molar-refractivity contribution < 1.29 is 9.21 Å². The number of nitrogens with zero attached hydrogens (tertiary/aromatic N) is 2. The molecule has 1 aliphatic heterocycles. The Bertz CT molecular complexity index is 790. The van der Waals surface area contributed by atoms with Crippen molar-refractivity contribution in [2.45, 2.75) is 30.2 Å². The third kappa shape index (κ3) is 8.67. The highest BCUT2D eigenvalue weighted by atomic mass is 32.2. The van der Waals surface area contributed by atoms with E-state index in [9.17, 15) is 4.79 Å². The number of hydrogen-bond donors (Lipinski definition) is 3. The van der Waals surface area contributed by atoms with Crippen molar-refractivity contribution in [1.29, 1.82) is 0 Å². The van der Waals surface area contributed by atoms with Gasteiger partial charge >= 0.3 is 0 Å². The maximum atomic E-state index is 11.6. The quantitative estimate of drug-likeness (QED) is 0.226. The maximum Gasteiger partial charge on any atom is 0.233 e. The van der Waals surface area contributed by atoms with Crippen LogP contribution in [0.5, 0.6) is 0 Å². The number of benzene rings is 1. The summed E-state index contributed by atoms with van der Waals surface area (Å²) in [6, 6.07) is 14.7. The number of piperidine rings is 1. The molecular formula is C23H33N5O2S. The average molecular weight is 444 g/mol. The first kappa shape index (κ1) is 23.2. The summed E-state index contributed by atoms with van der Waals surface area (Å²) >= 11 is 1.83. The predicted octanol–water partition coefficient (Wildman–Crippen LogP) is 2.36. The van der Waals surface area contributed by atoms with Gasteiger partial charge in [0.1, 0.15) is 5.76 Å². The number of rotatable bonds is 10. The molecule has 168 valence electrons. The van der Waals surface area contributed by atoms with Crippen LogP contribution in [-0.4, -0.2) is 68.3 Å². The van der Waals surface area contributed by atoms with Crippen LogP contribution < -0.4 is 16.0 Å². The molecule has 2 aromatic rings. The molecule has 31 heavy (non-hydrogen) atoms. The van der Waals surface area contributed by atoms with Crippen LogP contribution in [0, 0.1) is 0 Å². The van der Waals surface area contributed by atoms with Gasteiger partial charge in [0, 0.05) is 56.3 Å². The van der Waals surface area contributed by atoms with Crippen LogP contribution in [0.4, 0.5) is 0 Å². The lowest BCUT2D eigenvalue weighted by molar-refractivity contribution is -0.122.